The molecule has 1 saturated heterocycles. The normalized spacial score (nSPS) is 14.6. The Morgan fingerprint density at radius 1 is 1.19 bits per heavy atom. The zero-order chi connectivity index (χ0) is 19.9. The van der Waals surface area contributed by atoms with Gasteiger partial charge in [-0.1, -0.05) is 11.6 Å². The fourth-order valence-corrected chi connectivity index (χ4v) is 5.09. The van der Waals surface area contributed by atoms with Gasteiger partial charge in [0.2, 0.25) is 0 Å². The lowest BCUT2D eigenvalue weighted by Gasteiger charge is -2.17. The monoisotopic (exact) mass is 413 g/mol. The lowest BCUT2D eigenvalue weighted by Crippen LogP contribution is -2.30. The molecule has 1 aliphatic rings. The summed E-state index contributed by atoms with van der Waals surface area (Å²) in [7, 11) is -2.49. The van der Waals surface area contributed by atoms with Crippen molar-refractivity contribution in [2.45, 2.75) is 31.6 Å². The Morgan fingerprint density at radius 3 is 2.41 bits per heavy atom. The molecule has 0 unspecified atom stereocenters. The van der Waals surface area contributed by atoms with Gasteiger partial charge in [-0.15, -0.1) is 0 Å². The Kier molecular flexibility index (Phi) is 5.22. The summed E-state index contributed by atoms with van der Waals surface area (Å²) in [6.45, 7) is 4.54. The second-order valence-electron chi connectivity index (χ2n) is 6.66. The van der Waals surface area contributed by atoms with Crippen LogP contribution in [0.4, 0.5) is 10.1 Å². The summed E-state index contributed by atoms with van der Waals surface area (Å²) in [5.41, 5.74) is 0.886. The van der Waals surface area contributed by atoms with Gasteiger partial charge < -0.3 is 9.47 Å². The molecule has 3 rings (SSSR count). The first kappa shape index (κ1) is 19.7. The van der Waals surface area contributed by atoms with Crippen LogP contribution in [-0.4, -0.2) is 36.9 Å². The van der Waals surface area contributed by atoms with Crippen molar-refractivity contribution in [1.82, 2.24) is 9.47 Å². The molecule has 146 valence electrons. The minimum atomic E-state index is -4.19. The molecule has 2 aromatic rings. The molecule has 1 fully saturated rings. The van der Waals surface area contributed by atoms with E-state index in [0.29, 0.717) is 24.5 Å². The van der Waals surface area contributed by atoms with Gasteiger partial charge in [-0.2, -0.15) is 0 Å². The predicted octanol–water partition coefficient (Wildman–Crippen LogP) is 3.47. The van der Waals surface area contributed by atoms with Gasteiger partial charge in [0, 0.05) is 36.5 Å². The van der Waals surface area contributed by atoms with Crippen LogP contribution in [0.2, 0.25) is 5.02 Å². The number of aromatic nitrogens is 1. The molecule has 9 heteroatoms. The summed E-state index contributed by atoms with van der Waals surface area (Å²) in [5.74, 6) is -1.10. The maximum Gasteiger partial charge on any atom is 0.264 e. The highest BCUT2D eigenvalue weighted by molar-refractivity contribution is 7.92. The van der Waals surface area contributed by atoms with Crippen LogP contribution in [0.1, 0.15) is 34.6 Å². The molecule has 0 saturated carbocycles. The van der Waals surface area contributed by atoms with Gasteiger partial charge in [-0.25, -0.2) is 12.8 Å². The summed E-state index contributed by atoms with van der Waals surface area (Å²) in [4.78, 5) is 14.5. The summed E-state index contributed by atoms with van der Waals surface area (Å²) < 4.78 is 44.2. The Bertz CT molecular complexity index is 1010. The van der Waals surface area contributed by atoms with E-state index >= 15 is 0 Å². The lowest BCUT2D eigenvalue weighted by atomic mass is 10.2. The van der Waals surface area contributed by atoms with Crippen LogP contribution in [0.5, 0.6) is 0 Å². The summed E-state index contributed by atoms with van der Waals surface area (Å²) in [5, 5.41) is 0.159. The van der Waals surface area contributed by atoms with Crippen molar-refractivity contribution < 1.29 is 17.6 Å². The summed E-state index contributed by atoms with van der Waals surface area (Å²) in [6, 6.07) is 3.67. The first-order chi connectivity index (χ1) is 12.6. The van der Waals surface area contributed by atoms with E-state index in [0.717, 1.165) is 18.9 Å². The van der Waals surface area contributed by atoms with Crippen LogP contribution in [0.3, 0.4) is 0 Å². The van der Waals surface area contributed by atoms with Crippen LogP contribution < -0.4 is 4.72 Å². The summed E-state index contributed by atoms with van der Waals surface area (Å²) in [6.07, 6.45) is 1.79. The van der Waals surface area contributed by atoms with Crippen molar-refractivity contribution in [3.63, 3.8) is 0 Å². The molecule has 0 aliphatic carbocycles. The number of rotatable bonds is 4. The number of hydrogen-bond donors (Lipinski definition) is 1. The average Bonchev–Trinajstić information content (AvgIpc) is 3.20. The van der Waals surface area contributed by atoms with Gasteiger partial charge in [0.05, 0.1) is 11.3 Å². The van der Waals surface area contributed by atoms with Crippen molar-refractivity contribution >= 4 is 33.2 Å². The van der Waals surface area contributed by atoms with E-state index in [2.05, 4.69) is 4.72 Å². The van der Waals surface area contributed by atoms with Crippen LogP contribution in [0.15, 0.2) is 23.1 Å². The van der Waals surface area contributed by atoms with Gasteiger partial charge in [0.15, 0.2) is 0 Å². The lowest BCUT2D eigenvalue weighted by molar-refractivity contribution is 0.0788. The van der Waals surface area contributed by atoms with Crippen molar-refractivity contribution in [3.05, 3.63) is 46.0 Å². The second-order valence-corrected chi connectivity index (χ2v) is 8.72. The largest absolute Gasteiger partial charge is 0.350 e. The molecular weight excluding hydrogens is 393 g/mol. The number of nitrogens with zero attached hydrogens (tertiary/aromatic N) is 2. The van der Waals surface area contributed by atoms with Crippen molar-refractivity contribution in [3.8, 4) is 0 Å². The zero-order valence-electron chi connectivity index (χ0n) is 15.3. The van der Waals surface area contributed by atoms with E-state index in [1.807, 2.05) is 0 Å². The number of amides is 1. The molecule has 1 amide bonds. The van der Waals surface area contributed by atoms with E-state index in [-0.39, 0.29) is 27.1 Å². The molecule has 1 aromatic heterocycles. The maximum absolute atomic E-state index is 14.1. The molecule has 0 bridgehead atoms. The smallest absolute Gasteiger partial charge is 0.264 e. The predicted molar refractivity (Wildman–Crippen MR) is 102 cm³/mol. The standard InChI is InChI=1S/C18H21ClFN3O3S/c1-11-16(18(24)23-8-4-5-9-23)17(12(2)22(11)3)27(25,26)21-15-7-6-13(19)10-14(15)20/h6-7,10,21H,4-5,8-9H2,1-3H3. The fraction of sp³-hybridized carbons (Fsp3) is 0.389. The number of carbonyl (C=O) groups is 1. The quantitative estimate of drug-likeness (QED) is 0.834. The highest BCUT2D eigenvalue weighted by Crippen LogP contribution is 2.31. The Hall–Kier alpha value is -2.06. The van der Waals surface area contributed by atoms with E-state index in [9.17, 15) is 17.6 Å². The maximum atomic E-state index is 14.1. The van der Waals surface area contributed by atoms with Gasteiger partial charge >= 0.3 is 0 Å². The second kappa shape index (κ2) is 7.16. The number of sulfonamides is 1. The van der Waals surface area contributed by atoms with Crippen LogP contribution in [0, 0.1) is 19.7 Å². The number of hydrogen-bond acceptors (Lipinski definition) is 3. The first-order valence-electron chi connectivity index (χ1n) is 8.56. The molecule has 0 spiro atoms. The Labute approximate surface area is 163 Å². The third kappa shape index (κ3) is 3.55. The van der Waals surface area contributed by atoms with Crippen molar-refractivity contribution in [2.75, 3.05) is 17.8 Å². The highest BCUT2D eigenvalue weighted by Gasteiger charge is 2.34. The number of likely N-dealkylation sites (tertiary alicyclic amines) is 1. The highest BCUT2D eigenvalue weighted by atomic mass is 35.5. The molecule has 0 radical (unpaired) electrons. The molecule has 1 aromatic carbocycles. The number of nitrogens with one attached hydrogen (secondary N) is 1. The zero-order valence-corrected chi connectivity index (χ0v) is 16.9. The fourth-order valence-electron chi connectivity index (χ4n) is 3.34. The molecule has 6 nitrogen and oxygen atoms in total. The third-order valence-corrected chi connectivity index (χ3v) is 6.74. The van der Waals surface area contributed by atoms with E-state index in [4.69, 9.17) is 11.6 Å². The van der Waals surface area contributed by atoms with Gasteiger partial charge in [0.1, 0.15) is 10.7 Å². The SMILES string of the molecule is Cc1c(C(=O)N2CCCC2)c(S(=O)(=O)Nc2ccc(Cl)cc2F)c(C)n1C. The first-order valence-corrected chi connectivity index (χ1v) is 10.4. The van der Waals surface area contributed by atoms with E-state index in [1.54, 1.807) is 30.4 Å². The average molecular weight is 414 g/mol. The molecular formula is C18H21ClFN3O3S. The Morgan fingerprint density at radius 2 is 1.81 bits per heavy atom. The van der Waals surface area contributed by atoms with Crippen molar-refractivity contribution in [1.29, 1.82) is 0 Å². The van der Waals surface area contributed by atoms with Gasteiger partial charge in [-0.05, 0) is 44.9 Å². The topological polar surface area (TPSA) is 71.4 Å². The molecule has 2 heterocycles. The van der Waals surface area contributed by atoms with Crippen LogP contribution in [0.25, 0.3) is 0 Å². The molecule has 0 atom stereocenters. The van der Waals surface area contributed by atoms with Crippen LogP contribution in [-0.2, 0) is 17.1 Å². The molecule has 1 aliphatic heterocycles. The third-order valence-electron chi connectivity index (χ3n) is 4.98. The van der Waals surface area contributed by atoms with Crippen molar-refractivity contribution in [2.24, 2.45) is 7.05 Å². The number of carbonyl (C=O) groups excluding carboxylic acids is 1. The molecule has 27 heavy (non-hydrogen) atoms. The number of anilines is 1. The summed E-state index contributed by atoms with van der Waals surface area (Å²) >= 11 is 5.72. The van der Waals surface area contributed by atoms with Crippen LogP contribution >= 0.6 is 11.6 Å². The van der Waals surface area contributed by atoms with E-state index in [1.165, 1.54) is 12.1 Å². The van der Waals surface area contributed by atoms with E-state index < -0.39 is 15.8 Å². The number of halogens is 2. The Balaban J connectivity index is 2.09. The molecule has 1 N–H and O–H groups in total. The van der Waals surface area contributed by atoms with Gasteiger partial charge in [-0.3, -0.25) is 9.52 Å². The number of benzene rings is 1. The minimum Gasteiger partial charge on any atom is -0.350 e. The minimum absolute atomic E-state index is 0.117. The van der Waals surface area contributed by atoms with Gasteiger partial charge in [0.25, 0.3) is 15.9 Å².